The van der Waals surface area contributed by atoms with Gasteiger partial charge in [-0.2, -0.15) is 0 Å². The number of hydrogen-bond donors (Lipinski definition) is 2. The maximum Gasteiger partial charge on any atom is 0.321 e. The molecule has 28 heavy (non-hydrogen) atoms. The van der Waals surface area contributed by atoms with Crippen molar-refractivity contribution < 1.29 is 18.7 Å². The van der Waals surface area contributed by atoms with E-state index in [2.05, 4.69) is 15.5 Å². The highest BCUT2D eigenvalue weighted by atomic mass is 35.5. The van der Waals surface area contributed by atoms with Gasteiger partial charge >= 0.3 is 6.03 Å². The maximum atomic E-state index is 12.4. The summed E-state index contributed by atoms with van der Waals surface area (Å²) in [6.07, 6.45) is 1.42. The van der Waals surface area contributed by atoms with Crippen LogP contribution in [0.1, 0.15) is 10.6 Å². The second-order valence-electron chi connectivity index (χ2n) is 6.43. The van der Waals surface area contributed by atoms with Crippen molar-refractivity contribution in [3.63, 3.8) is 0 Å². The molecule has 0 aliphatic carbocycles. The summed E-state index contributed by atoms with van der Waals surface area (Å²) in [5.74, 6) is -0.207. The Kier molecular flexibility index (Phi) is 6.91. The Hall–Kier alpha value is -2.55. The molecule has 1 aromatic carbocycles. The van der Waals surface area contributed by atoms with E-state index >= 15 is 0 Å². The number of ether oxygens (including phenoxy) is 1. The predicted molar refractivity (Wildman–Crippen MR) is 107 cm³/mol. The largest absolute Gasteiger partial charge is 0.459 e. The number of halogens is 1. The smallest absolute Gasteiger partial charge is 0.321 e. The number of nitrogens with zero attached hydrogens (tertiary/aromatic N) is 2. The lowest BCUT2D eigenvalue weighted by Crippen LogP contribution is -2.42. The third kappa shape index (κ3) is 5.48. The number of furan rings is 1. The lowest BCUT2D eigenvalue weighted by molar-refractivity contribution is 0.0359. The molecule has 1 fully saturated rings. The minimum Gasteiger partial charge on any atom is -0.459 e. The number of urea groups is 1. The van der Waals surface area contributed by atoms with Crippen LogP contribution in [0.25, 0.3) is 0 Å². The molecule has 2 N–H and O–H groups in total. The SMILES string of the molecule is CN(CCN1CCOCC1)C(=O)Nc1ccc(NC(=O)c2ccco2)c(Cl)c1. The second kappa shape index (κ2) is 9.59. The van der Waals surface area contributed by atoms with Crippen LogP contribution in [0.15, 0.2) is 41.0 Å². The number of hydrogen-bond acceptors (Lipinski definition) is 5. The maximum absolute atomic E-state index is 12.4. The first-order valence-corrected chi connectivity index (χ1v) is 9.37. The highest BCUT2D eigenvalue weighted by Gasteiger charge is 2.15. The lowest BCUT2D eigenvalue weighted by Gasteiger charge is -2.28. The Bertz CT molecular complexity index is 806. The number of carbonyl (C=O) groups is 2. The Labute approximate surface area is 168 Å². The van der Waals surface area contributed by atoms with Gasteiger partial charge in [-0.15, -0.1) is 0 Å². The standard InChI is InChI=1S/C19H23ClN4O4/c1-23(6-7-24-8-11-27-12-9-24)19(26)21-14-4-5-16(15(20)13-14)22-18(25)17-3-2-10-28-17/h2-5,10,13H,6-9,11-12H2,1H3,(H,21,26)(H,22,25). The van der Waals surface area contributed by atoms with Gasteiger partial charge in [0.1, 0.15) is 0 Å². The molecule has 0 atom stereocenters. The van der Waals surface area contributed by atoms with Crippen LogP contribution in [0.3, 0.4) is 0 Å². The van der Waals surface area contributed by atoms with Crippen LogP contribution in [0.4, 0.5) is 16.2 Å². The first kappa shape index (κ1) is 20.2. The molecule has 2 heterocycles. The molecule has 150 valence electrons. The number of likely N-dealkylation sites (N-methyl/N-ethyl adjacent to an activating group) is 1. The summed E-state index contributed by atoms with van der Waals surface area (Å²) in [6, 6.07) is 7.86. The van der Waals surface area contributed by atoms with Gasteiger partial charge in [-0.05, 0) is 30.3 Å². The summed E-state index contributed by atoms with van der Waals surface area (Å²) >= 11 is 6.23. The van der Waals surface area contributed by atoms with E-state index < -0.39 is 5.91 Å². The predicted octanol–water partition coefficient (Wildman–Crippen LogP) is 2.98. The molecule has 0 spiro atoms. The number of amides is 3. The summed E-state index contributed by atoms with van der Waals surface area (Å²) in [7, 11) is 1.75. The molecule has 0 radical (unpaired) electrons. The van der Waals surface area contributed by atoms with E-state index in [1.165, 1.54) is 6.26 Å². The molecule has 1 aliphatic heterocycles. The van der Waals surface area contributed by atoms with Gasteiger partial charge in [-0.3, -0.25) is 9.69 Å². The summed E-state index contributed by atoms with van der Waals surface area (Å²) in [4.78, 5) is 28.3. The molecule has 2 aromatic rings. The van der Waals surface area contributed by atoms with Gasteiger partial charge in [0.05, 0.1) is 30.2 Å². The number of benzene rings is 1. The van der Waals surface area contributed by atoms with Gasteiger partial charge in [0, 0.05) is 38.9 Å². The first-order valence-electron chi connectivity index (χ1n) is 8.99. The lowest BCUT2D eigenvalue weighted by atomic mass is 10.2. The van der Waals surface area contributed by atoms with E-state index in [0.717, 1.165) is 32.8 Å². The Morgan fingerprint density at radius 3 is 2.68 bits per heavy atom. The van der Waals surface area contributed by atoms with Crippen LogP contribution in [0, 0.1) is 0 Å². The molecule has 3 amide bonds. The summed E-state index contributed by atoms with van der Waals surface area (Å²) < 4.78 is 10.4. The number of rotatable bonds is 6. The molecular weight excluding hydrogens is 384 g/mol. The van der Waals surface area contributed by atoms with Crippen molar-refractivity contribution in [2.24, 2.45) is 0 Å². The zero-order valence-electron chi connectivity index (χ0n) is 15.6. The topological polar surface area (TPSA) is 87.0 Å². The van der Waals surface area contributed by atoms with Gasteiger partial charge < -0.3 is 24.7 Å². The van der Waals surface area contributed by atoms with Gasteiger partial charge in [0.15, 0.2) is 5.76 Å². The van der Waals surface area contributed by atoms with Crippen LogP contribution in [0.5, 0.6) is 0 Å². The summed E-state index contributed by atoms with van der Waals surface area (Å²) in [6.45, 7) is 4.64. The molecule has 0 bridgehead atoms. The van der Waals surface area contributed by atoms with E-state index in [9.17, 15) is 9.59 Å². The van der Waals surface area contributed by atoms with Crippen molar-refractivity contribution in [1.29, 1.82) is 0 Å². The Morgan fingerprint density at radius 1 is 1.21 bits per heavy atom. The molecule has 8 nitrogen and oxygen atoms in total. The van der Waals surface area contributed by atoms with Crippen LogP contribution in [0.2, 0.25) is 5.02 Å². The molecule has 1 aromatic heterocycles. The van der Waals surface area contributed by atoms with E-state index in [0.29, 0.717) is 22.9 Å². The van der Waals surface area contributed by atoms with Gasteiger partial charge in [0.25, 0.3) is 5.91 Å². The third-order valence-electron chi connectivity index (χ3n) is 4.42. The van der Waals surface area contributed by atoms with Crippen molar-refractivity contribution >= 4 is 34.9 Å². The average molecular weight is 407 g/mol. The van der Waals surface area contributed by atoms with Crippen LogP contribution < -0.4 is 10.6 Å². The monoisotopic (exact) mass is 406 g/mol. The van der Waals surface area contributed by atoms with Crippen molar-refractivity contribution in [2.45, 2.75) is 0 Å². The van der Waals surface area contributed by atoms with E-state index in [1.807, 2.05) is 0 Å². The number of nitrogens with one attached hydrogen (secondary N) is 2. The van der Waals surface area contributed by atoms with Crippen LogP contribution in [-0.2, 0) is 4.74 Å². The van der Waals surface area contributed by atoms with Crippen molar-refractivity contribution in [3.8, 4) is 0 Å². The summed E-state index contributed by atoms with van der Waals surface area (Å²) in [5.41, 5.74) is 0.978. The quantitative estimate of drug-likeness (QED) is 0.770. The molecule has 3 rings (SSSR count). The molecule has 1 aliphatic rings. The van der Waals surface area contributed by atoms with Crippen LogP contribution in [-0.4, -0.2) is 68.2 Å². The number of morpholine rings is 1. The Morgan fingerprint density at radius 2 is 2.00 bits per heavy atom. The van der Waals surface area contributed by atoms with Gasteiger partial charge in [0.2, 0.25) is 0 Å². The van der Waals surface area contributed by atoms with Gasteiger partial charge in [-0.25, -0.2) is 4.79 Å². The second-order valence-corrected chi connectivity index (χ2v) is 6.84. The van der Waals surface area contributed by atoms with E-state index in [1.54, 1.807) is 42.3 Å². The highest BCUT2D eigenvalue weighted by Crippen LogP contribution is 2.26. The number of carbonyl (C=O) groups excluding carboxylic acids is 2. The zero-order chi connectivity index (χ0) is 19.9. The third-order valence-corrected chi connectivity index (χ3v) is 4.73. The molecule has 9 heteroatoms. The molecule has 0 unspecified atom stereocenters. The fourth-order valence-corrected chi connectivity index (χ4v) is 2.95. The van der Waals surface area contributed by atoms with Crippen molar-refractivity contribution in [3.05, 3.63) is 47.4 Å². The highest BCUT2D eigenvalue weighted by molar-refractivity contribution is 6.34. The Balaban J connectivity index is 1.51. The van der Waals surface area contributed by atoms with Gasteiger partial charge in [-0.1, -0.05) is 11.6 Å². The first-order chi connectivity index (χ1) is 13.5. The summed E-state index contributed by atoms with van der Waals surface area (Å²) in [5, 5.41) is 5.79. The average Bonchev–Trinajstić information content (AvgIpc) is 3.24. The molecular formula is C19H23ClN4O4. The molecule has 0 saturated carbocycles. The minimum atomic E-state index is -0.397. The van der Waals surface area contributed by atoms with Crippen molar-refractivity contribution in [2.75, 3.05) is 57.1 Å². The van der Waals surface area contributed by atoms with E-state index in [4.69, 9.17) is 20.8 Å². The zero-order valence-corrected chi connectivity index (χ0v) is 16.4. The fourth-order valence-electron chi connectivity index (χ4n) is 2.72. The van der Waals surface area contributed by atoms with Crippen molar-refractivity contribution in [1.82, 2.24) is 9.80 Å². The number of anilines is 2. The fraction of sp³-hybridized carbons (Fsp3) is 0.368. The van der Waals surface area contributed by atoms with E-state index in [-0.39, 0.29) is 11.8 Å². The van der Waals surface area contributed by atoms with Crippen LogP contribution >= 0.6 is 11.6 Å². The minimum absolute atomic E-state index is 0.190. The molecule has 1 saturated heterocycles. The normalized spacial score (nSPS) is 14.5.